The second kappa shape index (κ2) is 1.88. The second-order valence-electron chi connectivity index (χ2n) is 2.20. The predicted molar refractivity (Wildman–Crippen MR) is 40.1 cm³/mol. The number of rotatable bonds is 0. The average molecular weight is 150 g/mol. The van der Waals surface area contributed by atoms with Gasteiger partial charge in [0.1, 0.15) is 0 Å². The summed E-state index contributed by atoms with van der Waals surface area (Å²) in [5.41, 5.74) is 6.67. The monoisotopic (exact) mass is 150 g/mol. The zero-order valence-corrected chi connectivity index (χ0v) is 5.61. The molecular formula is C7H6N2O2. The lowest BCUT2D eigenvalue weighted by atomic mass is 10.2. The molecule has 4 nitrogen and oxygen atoms in total. The van der Waals surface area contributed by atoms with Gasteiger partial charge in [-0.05, 0) is 12.1 Å². The number of nitrogens with zero attached hydrogens (tertiary/aromatic N) is 1. The van der Waals surface area contributed by atoms with Crippen molar-refractivity contribution in [2.45, 2.75) is 0 Å². The van der Waals surface area contributed by atoms with E-state index in [9.17, 15) is 5.11 Å². The van der Waals surface area contributed by atoms with E-state index >= 15 is 0 Å². The molecule has 0 bridgehead atoms. The van der Waals surface area contributed by atoms with Gasteiger partial charge in [-0.25, -0.2) is 4.98 Å². The van der Waals surface area contributed by atoms with Gasteiger partial charge in [0.2, 0.25) is 0 Å². The Labute approximate surface area is 62.3 Å². The standard InChI is InChI=1S/C7H6N2O2/c8-4-1-2-5-6(7(4)10)9-3-11-5/h1-3,10H,8H2. The average Bonchev–Trinajstić information content (AvgIpc) is 2.45. The minimum absolute atomic E-state index is 0.0174. The highest BCUT2D eigenvalue weighted by Gasteiger charge is 2.05. The number of hydrogen-bond donors (Lipinski definition) is 2. The van der Waals surface area contributed by atoms with E-state index < -0.39 is 0 Å². The summed E-state index contributed by atoms with van der Waals surface area (Å²) in [6.07, 6.45) is 1.27. The molecule has 11 heavy (non-hydrogen) atoms. The van der Waals surface area contributed by atoms with Crippen molar-refractivity contribution in [2.24, 2.45) is 0 Å². The fourth-order valence-corrected chi connectivity index (χ4v) is 0.932. The van der Waals surface area contributed by atoms with Crippen LogP contribution in [0.5, 0.6) is 5.75 Å². The number of nitrogen functional groups attached to an aromatic ring is 1. The molecule has 0 saturated heterocycles. The Morgan fingerprint density at radius 2 is 2.27 bits per heavy atom. The molecule has 0 saturated carbocycles. The van der Waals surface area contributed by atoms with E-state index in [-0.39, 0.29) is 5.75 Å². The predicted octanol–water partition coefficient (Wildman–Crippen LogP) is 1.12. The van der Waals surface area contributed by atoms with Gasteiger partial charge in [-0.15, -0.1) is 0 Å². The number of oxazole rings is 1. The third-order valence-electron chi connectivity index (χ3n) is 1.51. The number of hydrogen-bond acceptors (Lipinski definition) is 4. The van der Waals surface area contributed by atoms with Crippen LogP contribution in [0.25, 0.3) is 11.1 Å². The van der Waals surface area contributed by atoms with E-state index in [1.807, 2.05) is 0 Å². The quantitative estimate of drug-likeness (QED) is 0.436. The first-order chi connectivity index (χ1) is 5.29. The van der Waals surface area contributed by atoms with Gasteiger partial charge >= 0.3 is 0 Å². The van der Waals surface area contributed by atoms with E-state index in [1.165, 1.54) is 6.39 Å². The van der Waals surface area contributed by atoms with Gasteiger partial charge in [-0.3, -0.25) is 0 Å². The van der Waals surface area contributed by atoms with Gasteiger partial charge in [-0.1, -0.05) is 0 Å². The SMILES string of the molecule is Nc1ccc2ocnc2c1O. The Hall–Kier alpha value is -1.71. The lowest BCUT2D eigenvalue weighted by Crippen LogP contribution is -1.84. The molecule has 0 aliphatic rings. The summed E-state index contributed by atoms with van der Waals surface area (Å²) in [7, 11) is 0. The Morgan fingerprint density at radius 3 is 3.09 bits per heavy atom. The minimum atomic E-state index is -0.0174. The zero-order chi connectivity index (χ0) is 7.84. The number of benzene rings is 1. The molecule has 3 N–H and O–H groups in total. The van der Waals surface area contributed by atoms with Crippen molar-refractivity contribution in [1.82, 2.24) is 4.98 Å². The normalized spacial score (nSPS) is 10.5. The zero-order valence-electron chi connectivity index (χ0n) is 5.61. The van der Waals surface area contributed by atoms with E-state index in [1.54, 1.807) is 12.1 Å². The molecule has 56 valence electrons. The summed E-state index contributed by atoms with van der Waals surface area (Å²) in [5, 5.41) is 9.30. The van der Waals surface area contributed by atoms with Crippen LogP contribution in [-0.2, 0) is 0 Å². The molecule has 0 aliphatic carbocycles. The summed E-state index contributed by atoms with van der Waals surface area (Å²) in [6.45, 7) is 0. The molecule has 1 heterocycles. The van der Waals surface area contributed by atoms with Crippen LogP contribution in [0.4, 0.5) is 5.69 Å². The van der Waals surface area contributed by atoms with Crippen molar-refractivity contribution in [2.75, 3.05) is 5.73 Å². The molecule has 0 spiro atoms. The third-order valence-corrected chi connectivity index (χ3v) is 1.51. The first-order valence-corrected chi connectivity index (χ1v) is 3.09. The Balaban J connectivity index is 2.93. The number of phenols is 1. The minimum Gasteiger partial charge on any atom is -0.504 e. The maximum Gasteiger partial charge on any atom is 0.182 e. The molecule has 0 aliphatic heterocycles. The highest BCUT2D eigenvalue weighted by Crippen LogP contribution is 2.28. The van der Waals surface area contributed by atoms with E-state index in [4.69, 9.17) is 10.2 Å². The molecule has 1 aromatic carbocycles. The van der Waals surface area contributed by atoms with Crippen LogP contribution in [0.15, 0.2) is 22.9 Å². The van der Waals surface area contributed by atoms with Crippen molar-refractivity contribution in [3.63, 3.8) is 0 Å². The highest BCUT2D eigenvalue weighted by atomic mass is 16.3. The van der Waals surface area contributed by atoms with Gasteiger partial charge < -0.3 is 15.3 Å². The van der Waals surface area contributed by atoms with Gasteiger partial charge in [0.05, 0.1) is 5.69 Å². The summed E-state index contributed by atoms with van der Waals surface area (Å²) in [6, 6.07) is 3.24. The summed E-state index contributed by atoms with van der Waals surface area (Å²) >= 11 is 0. The second-order valence-corrected chi connectivity index (χ2v) is 2.20. The molecular weight excluding hydrogens is 144 g/mol. The first kappa shape index (κ1) is 6.03. The number of aromatic nitrogens is 1. The number of nitrogens with two attached hydrogens (primary N) is 1. The molecule has 4 heteroatoms. The highest BCUT2D eigenvalue weighted by molar-refractivity contribution is 5.85. The first-order valence-electron chi connectivity index (χ1n) is 3.09. The molecule has 2 aromatic rings. The molecule has 0 unspecified atom stereocenters. The number of anilines is 1. The van der Waals surface area contributed by atoms with Gasteiger partial charge in [0.15, 0.2) is 23.2 Å². The maximum absolute atomic E-state index is 9.30. The van der Waals surface area contributed by atoms with Crippen LogP contribution in [0, 0.1) is 0 Å². The van der Waals surface area contributed by atoms with E-state index in [2.05, 4.69) is 4.98 Å². The van der Waals surface area contributed by atoms with E-state index in [0.717, 1.165) is 0 Å². The molecule has 0 atom stereocenters. The van der Waals surface area contributed by atoms with Crippen molar-refractivity contribution < 1.29 is 9.52 Å². The van der Waals surface area contributed by atoms with E-state index in [0.29, 0.717) is 16.8 Å². The van der Waals surface area contributed by atoms with Crippen molar-refractivity contribution >= 4 is 16.8 Å². The molecule has 1 aromatic heterocycles. The van der Waals surface area contributed by atoms with Crippen LogP contribution in [0.1, 0.15) is 0 Å². The fraction of sp³-hybridized carbons (Fsp3) is 0. The summed E-state index contributed by atoms with van der Waals surface area (Å²) in [5.74, 6) is -0.0174. The number of phenolic OH excluding ortho intramolecular Hbond substituents is 1. The Kier molecular flexibility index (Phi) is 1.03. The third kappa shape index (κ3) is 0.724. The van der Waals surface area contributed by atoms with Crippen LogP contribution < -0.4 is 5.73 Å². The summed E-state index contributed by atoms with van der Waals surface area (Å²) in [4.78, 5) is 3.78. The molecule has 0 fully saturated rings. The van der Waals surface area contributed by atoms with Crippen LogP contribution in [-0.4, -0.2) is 10.1 Å². The lowest BCUT2D eigenvalue weighted by molar-refractivity contribution is 0.483. The number of aromatic hydroxyl groups is 1. The topological polar surface area (TPSA) is 72.3 Å². The molecule has 2 rings (SSSR count). The Bertz CT molecular complexity index is 394. The summed E-state index contributed by atoms with van der Waals surface area (Å²) < 4.78 is 4.93. The van der Waals surface area contributed by atoms with Crippen molar-refractivity contribution in [3.8, 4) is 5.75 Å². The maximum atomic E-state index is 9.30. The van der Waals surface area contributed by atoms with Crippen LogP contribution in [0.2, 0.25) is 0 Å². The lowest BCUT2D eigenvalue weighted by Gasteiger charge is -1.95. The van der Waals surface area contributed by atoms with Crippen molar-refractivity contribution in [3.05, 3.63) is 18.5 Å². The van der Waals surface area contributed by atoms with Crippen LogP contribution in [0.3, 0.4) is 0 Å². The smallest absolute Gasteiger partial charge is 0.182 e. The van der Waals surface area contributed by atoms with Gasteiger partial charge in [0, 0.05) is 0 Å². The van der Waals surface area contributed by atoms with Crippen LogP contribution >= 0.6 is 0 Å². The largest absolute Gasteiger partial charge is 0.504 e. The number of fused-ring (bicyclic) bond motifs is 1. The molecule has 0 amide bonds. The van der Waals surface area contributed by atoms with Crippen molar-refractivity contribution in [1.29, 1.82) is 0 Å². The fourth-order valence-electron chi connectivity index (χ4n) is 0.932. The van der Waals surface area contributed by atoms with Gasteiger partial charge in [0.25, 0.3) is 0 Å². The Morgan fingerprint density at radius 1 is 1.45 bits per heavy atom. The molecule has 0 radical (unpaired) electrons. The van der Waals surface area contributed by atoms with Gasteiger partial charge in [-0.2, -0.15) is 0 Å².